The summed E-state index contributed by atoms with van der Waals surface area (Å²) in [4.78, 5) is 43.4. The number of nitrogens with one attached hydrogen (secondary N) is 3. The Morgan fingerprint density at radius 3 is 2.29 bits per heavy atom. The van der Waals surface area contributed by atoms with E-state index in [-0.39, 0.29) is 25.3 Å². The van der Waals surface area contributed by atoms with Crippen molar-refractivity contribution in [1.29, 1.82) is 0 Å². The number of ether oxygens (including phenoxy) is 2. The predicted molar refractivity (Wildman–Crippen MR) is 156 cm³/mol. The molecule has 3 atom stereocenters. The molecule has 4 N–H and O–H groups in total. The maximum Gasteiger partial charge on any atom is 0.410 e. The fourth-order valence-corrected chi connectivity index (χ4v) is 4.99. The van der Waals surface area contributed by atoms with Gasteiger partial charge in [0.1, 0.15) is 22.7 Å². The topological polar surface area (TPSA) is 133 Å². The number of likely N-dealkylation sites (tertiary alicyclic amines) is 1. The van der Waals surface area contributed by atoms with Crippen LogP contribution in [0.5, 0.6) is 0 Å². The number of hydrogen-bond donors (Lipinski definition) is 4. The van der Waals surface area contributed by atoms with Gasteiger partial charge in [-0.1, -0.05) is 30.3 Å². The first kappa shape index (κ1) is 30.8. The molecule has 4 rings (SSSR count). The fourth-order valence-electron chi connectivity index (χ4n) is 4.99. The largest absolute Gasteiger partial charge is 0.444 e. The monoisotopic (exact) mass is 582 g/mol. The Hall–Kier alpha value is -4.12. The van der Waals surface area contributed by atoms with Gasteiger partial charge in [-0.2, -0.15) is 0 Å². The Bertz CT molecular complexity index is 1440. The van der Waals surface area contributed by atoms with Crippen LogP contribution in [0.25, 0.3) is 22.0 Å². The van der Waals surface area contributed by atoms with Crippen LogP contribution >= 0.6 is 0 Å². The number of halogens is 1. The van der Waals surface area contributed by atoms with Gasteiger partial charge in [-0.25, -0.2) is 14.0 Å². The smallest absolute Gasteiger partial charge is 0.410 e. The van der Waals surface area contributed by atoms with E-state index in [9.17, 15) is 23.9 Å². The van der Waals surface area contributed by atoms with E-state index in [2.05, 4.69) is 15.6 Å². The maximum absolute atomic E-state index is 14.2. The number of benzene rings is 2. The summed E-state index contributed by atoms with van der Waals surface area (Å²) in [5.74, 6) is -1.46. The van der Waals surface area contributed by atoms with E-state index in [0.717, 1.165) is 5.56 Å². The summed E-state index contributed by atoms with van der Waals surface area (Å²) in [7, 11) is 0. The zero-order chi connectivity index (χ0) is 30.8. The summed E-state index contributed by atoms with van der Waals surface area (Å²) < 4.78 is 25.0. The number of fused-ring (bicyclic) bond motifs is 1. The standard InChI is InChI=1S/C31H39FN4O6/c1-30(2,3)41-28(39)34-15-19-17-36(29(40)42-31(4,5)6)23(26(19)37)16-33-27(38)25-24(18-10-8-7-9-11-18)21-14-20(32)12-13-22(21)35-25/h7-14,19,23,26,35,37H,15-17H2,1-6H3,(H,33,38)(H,34,39)/t19-,23+,26-/m0/s1. The van der Waals surface area contributed by atoms with Crippen molar-refractivity contribution in [1.82, 2.24) is 20.5 Å². The average Bonchev–Trinajstić information content (AvgIpc) is 3.42. The SMILES string of the molecule is CC(C)(C)OC(=O)NC[C@H]1CN(C(=O)OC(C)(C)C)[C@H](CNC(=O)c2[nH]c3ccc(F)cc3c2-c2ccccc2)[C@H]1O. The summed E-state index contributed by atoms with van der Waals surface area (Å²) in [6.45, 7) is 10.5. The third-order valence-corrected chi connectivity index (χ3v) is 6.77. The number of H-pyrrole nitrogens is 1. The molecule has 0 bridgehead atoms. The Balaban J connectivity index is 1.56. The summed E-state index contributed by atoms with van der Waals surface area (Å²) in [5.41, 5.74) is 0.599. The molecule has 0 aliphatic carbocycles. The van der Waals surface area contributed by atoms with Gasteiger partial charge in [-0.15, -0.1) is 0 Å². The minimum absolute atomic E-state index is 0.0472. The Morgan fingerprint density at radius 1 is 0.976 bits per heavy atom. The number of nitrogens with zero attached hydrogens (tertiary/aromatic N) is 1. The van der Waals surface area contributed by atoms with Gasteiger partial charge >= 0.3 is 12.2 Å². The normalized spacial score (nSPS) is 19.0. The number of hydrogen-bond acceptors (Lipinski definition) is 6. The van der Waals surface area contributed by atoms with E-state index in [0.29, 0.717) is 16.5 Å². The van der Waals surface area contributed by atoms with Crippen molar-refractivity contribution in [3.63, 3.8) is 0 Å². The zero-order valence-corrected chi connectivity index (χ0v) is 24.8. The molecule has 11 heteroatoms. The lowest BCUT2D eigenvalue weighted by molar-refractivity contribution is 0.0151. The van der Waals surface area contributed by atoms with Crippen LogP contribution < -0.4 is 10.6 Å². The van der Waals surface area contributed by atoms with Gasteiger partial charge < -0.3 is 35.1 Å². The molecule has 1 aromatic heterocycles. The van der Waals surface area contributed by atoms with Crippen molar-refractivity contribution in [3.8, 4) is 11.1 Å². The van der Waals surface area contributed by atoms with Crippen molar-refractivity contribution in [2.45, 2.75) is 64.9 Å². The number of carbonyl (C=O) groups excluding carboxylic acids is 3. The number of aromatic amines is 1. The lowest BCUT2D eigenvalue weighted by Gasteiger charge is -2.29. The molecule has 0 unspecified atom stereocenters. The molecule has 1 saturated heterocycles. The van der Waals surface area contributed by atoms with Gasteiger partial charge in [-0.3, -0.25) is 4.79 Å². The summed E-state index contributed by atoms with van der Waals surface area (Å²) in [6, 6.07) is 12.6. The molecule has 0 saturated carbocycles. The number of carbonyl (C=O) groups is 3. The van der Waals surface area contributed by atoms with Crippen LogP contribution in [0.3, 0.4) is 0 Å². The highest BCUT2D eigenvalue weighted by Crippen LogP contribution is 2.33. The third-order valence-electron chi connectivity index (χ3n) is 6.77. The zero-order valence-electron chi connectivity index (χ0n) is 24.8. The van der Waals surface area contributed by atoms with Gasteiger partial charge in [0.2, 0.25) is 0 Å². The van der Waals surface area contributed by atoms with Crippen molar-refractivity contribution in [2.75, 3.05) is 19.6 Å². The Kier molecular flexibility index (Phi) is 8.81. The highest BCUT2D eigenvalue weighted by Gasteiger charge is 2.45. The first-order valence-corrected chi connectivity index (χ1v) is 13.9. The molecule has 10 nitrogen and oxygen atoms in total. The van der Waals surface area contributed by atoms with Gasteiger partial charge in [0.15, 0.2) is 0 Å². The van der Waals surface area contributed by atoms with Gasteiger partial charge in [0, 0.05) is 42.0 Å². The summed E-state index contributed by atoms with van der Waals surface area (Å²) >= 11 is 0. The van der Waals surface area contributed by atoms with Crippen LogP contribution in [0.4, 0.5) is 14.0 Å². The molecule has 2 aromatic carbocycles. The minimum atomic E-state index is -1.09. The number of aromatic nitrogens is 1. The molecule has 42 heavy (non-hydrogen) atoms. The molecule has 3 amide bonds. The van der Waals surface area contributed by atoms with E-state index < -0.39 is 53.2 Å². The highest BCUT2D eigenvalue weighted by molar-refractivity contribution is 6.09. The minimum Gasteiger partial charge on any atom is -0.444 e. The van der Waals surface area contributed by atoms with Crippen LogP contribution in [0.15, 0.2) is 48.5 Å². The first-order chi connectivity index (χ1) is 19.6. The molecule has 1 aliphatic rings. The molecule has 2 heterocycles. The third kappa shape index (κ3) is 7.39. The van der Waals surface area contributed by atoms with Crippen LogP contribution in [-0.4, -0.2) is 76.1 Å². The second-order valence-electron chi connectivity index (χ2n) is 12.5. The molecule has 3 aromatic rings. The predicted octanol–water partition coefficient (Wildman–Crippen LogP) is 4.82. The van der Waals surface area contributed by atoms with Gasteiger partial charge in [0.25, 0.3) is 5.91 Å². The second-order valence-corrected chi connectivity index (χ2v) is 12.5. The lowest BCUT2D eigenvalue weighted by Crippen LogP contribution is -2.49. The van der Waals surface area contributed by atoms with Crippen molar-refractivity contribution in [3.05, 3.63) is 60.0 Å². The number of aliphatic hydroxyl groups excluding tert-OH is 1. The van der Waals surface area contributed by atoms with Crippen LogP contribution in [0.1, 0.15) is 52.0 Å². The average molecular weight is 583 g/mol. The van der Waals surface area contributed by atoms with Crippen molar-refractivity contribution < 1.29 is 33.4 Å². The molecular formula is C31H39FN4O6. The van der Waals surface area contributed by atoms with E-state index in [1.54, 1.807) is 47.6 Å². The number of amides is 3. The van der Waals surface area contributed by atoms with Gasteiger partial charge in [-0.05, 0) is 65.3 Å². The number of aliphatic hydroxyl groups is 1. The highest BCUT2D eigenvalue weighted by atomic mass is 19.1. The van der Waals surface area contributed by atoms with Crippen molar-refractivity contribution >= 4 is 29.0 Å². The van der Waals surface area contributed by atoms with Crippen LogP contribution in [0, 0.1) is 11.7 Å². The molecule has 1 aliphatic heterocycles. The Morgan fingerprint density at radius 2 is 1.64 bits per heavy atom. The van der Waals surface area contributed by atoms with Crippen LogP contribution in [-0.2, 0) is 9.47 Å². The fraction of sp³-hybridized carbons (Fsp3) is 0.452. The lowest BCUT2D eigenvalue weighted by atomic mass is 10.0. The summed E-state index contributed by atoms with van der Waals surface area (Å²) in [5, 5.41) is 17.3. The second kappa shape index (κ2) is 12.0. The molecule has 0 spiro atoms. The number of rotatable bonds is 6. The first-order valence-electron chi connectivity index (χ1n) is 13.9. The van der Waals surface area contributed by atoms with Crippen LogP contribution in [0.2, 0.25) is 0 Å². The Labute approximate surface area is 244 Å². The van der Waals surface area contributed by atoms with E-state index in [1.165, 1.54) is 17.0 Å². The van der Waals surface area contributed by atoms with E-state index in [1.807, 2.05) is 30.3 Å². The maximum atomic E-state index is 14.2. The molecular weight excluding hydrogens is 543 g/mol. The molecule has 226 valence electrons. The molecule has 0 radical (unpaired) electrons. The number of alkyl carbamates (subject to hydrolysis) is 1. The summed E-state index contributed by atoms with van der Waals surface area (Å²) in [6.07, 6.45) is -2.37. The van der Waals surface area contributed by atoms with E-state index in [4.69, 9.17) is 9.47 Å². The van der Waals surface area contributed by atoms with E-state index >= 15 is 0 Å². The van der Waals surface area contributed by atoms with Gasteiger partial charge in [0.05, 0.1) is 12.1 Å². The molecule has 1 fully saturated rings. The quantitative estimate of drug-likeness (QED) is 0.329. The van der Waals surface area contributed by atoms with Crippen molar-refractivity contribution in [2.24, 2.45) is 5.92 Å².